The summed E-state index contributed by atoms with van der Waals surface area (Å²) in [5.41, 5.74) is 0.633. The maximum absolute atomic E-state index is 13.4. The highest BCUT2D eigenvalue weighted by molar-refractivity contribution is 9.10. The highest BCUT2D eigenvalue weighted by atomic mass is 79.9. The van der Waals surface area contributed by atoms with Crippen LogP contribution in [0.2, 0.25) is 0 Å². The van der Waals surface area contributed by atoms with Crippen molar-refractivity contribution in [1.29, 1.82) is 0 Å². The Kier molecular flexibility index (Phi) is 3.33. The van der Waals surface area contributed by atoms with Gasteiger partial charge in [0.15, 0.2) is 5.13 Å². The van der Waals surface area contributed by atoms with Crippen LogP contribution in [0.15, 0.2) is 34.2 Å². The normalized spacial score (nSPS) is 10.3. The van der Waals surface area contributed by atoms with Gasteiger partial charge in [-0.25, -0.2) is 9.37 Å². The lowest BCUT2D eigenvalue weighted by atomic mass is 10.2. The predicted octanol–water partition coefficient (Wildman–Crippen LogP) is 3.66. The first-order chi connectivity index (χ1) is 7.25. The number of benzene rings is 1. The maximum Gasteiger partial charge on any atom is 0.182 e. The van der Waals surface area contributed by atoms with Crippen LogP contribution in [0, 0.1) is 5.82 Å². The van der Waals surface area contributed by atoms with Crippen LogP contribution in [0.5, 0.6) is 0 Å². The lowest BCUT2D eigenvalue weighted by molar-refractivity contribution is 0.612. The Morgan fingerprint density at radius 2 is 2.33 bits per heavy atom. The number of nitrogens with zero attached hydrogens (tertiary/aromatic N) is 1. The number of aromatic nitrogens is 1. The number of hydrogen-bond acceptors (Lipinski definition) is 3. The molecular formula is C10H8BrFN2S. The first kappa shape index (κ1) is 10.6. The molecule has 2 rings (SSSR count). The molecule has 0 atom stereocenters. The van der Waals surface area contributed by atoms with Gasteiger partial charge in [-0.1, -0.05) is 22.0 Å². The zero-order valence-electron chi connectivity index (χ0n) is 7.71. The summed E-state index contributed by atoms with van der Waals surface area (Å²) in [6, 6.07) is 5.03. The van der Waals surface area contributed by atoms with Crippen molar-refractivity contribution in [3.05, 3.63) is 45.6 Å². The molecule has 0 bridgehead atoms. The van der Waals surface area contributed by atoms with E-state index in [4.69, 9.17) is 0 Å². The summed E-state index contributed by atoms with van der Waals surface area (Å²) in [4.78, 5) is 4.05. The van der Waals surface area contributed by atoms with Crippen molar-refractivity contribution in [3.63, 3.8) is 0 Å². The third kappa shape index (κ3) is 2.76. The Morgan fingerprint density at radius 1 is 1.47 bits per heavy atom. The van der Waals surface area contributed by atoms with Crippen molar-refractivity contribution in [2.75, 3.05) is 5.32 Å². The van der Waals surface area contributed by atoms with Crippen molar-refractivity contribution < 1.29 is 4.39 Å². The van der Waals surface area contributed by atoms with Crippen LogP contribution in [0.1, 0.15) is 5.56 Å². The number of nitrogens with one attached hydrogen (secondary N) is 1. The molecule has 5 heteroatoms. The van der Waals surface area contributed by atoms with Crippen molar-refractivity contribution in [1.82, 2.24) is 4.98 Å². The molecule has 0 aliphatic rings. The van der Waals surface area contributed by atoms with E-state index in [2.05, 4.69) is 26.2 Å². The molecule has 0 spiro atoms. The molecule has 15 heavy (non-hydrogen) atoms. The number of hydrogen-bond donors (Lipinski definition) is 1. The molecule has 0 saturated carbocycles. The molecule has 1 heterocycles. The number of rotatable bonds is 3. The van der Waals surface area contributed by atoms with Crippen molar-refractivity contribution >= 4 is 32.4 Å². The molecule has 0 radical (unpaired) electrons. The fraction of sp³-hybridized carbons (Fsp3) is 0.100. The Morgan fingerprint density at radius 3 is 3.00 bits per heavy atom. The van der Waals surface area contributed by atoms with Crippen LogP contribution in [-0.4, -0.2) is 4.98 Å². The van der Waals surface area contributed by atoms with Crippen LogP contribution < -0.4 is 5.32 Å². The Balaban J connectivity index is 2.05. The van der Waals surface area contributed by atoms with Gasteiger partial charge in [0.05, 0.1) is 0 Å². The van der Waals surface area contributed by atoms with E-state index in [1.807, 2.05) is 11.4 Å². The van der Waals surface area contributed by atoms with Gasteiger partial charge in [-0.3, -0.25) is 0 Å². The van der Waals surface area contributed by atoms with E-state index in [0.717, 1.165) is 9.60 Å². The zero-order chi connectivity index (χ0) is 10.7. The second-order valence-electron chi connectivity index (χ2n) is 2.93. The van der Waals surface area contributed by atoms with Crippen molar-refractivity contribution in [2.45, 2.75) is 6.54 Å². The van der Waals surface area contributed by atoms with E-state index < -0.39 is 0 Å². The van der Waals surface area contributed by atoms with E-state index in [1.165, 1.54) is 17.4 Å². The summed E-state index contributed by atoms with van der Waals surface area (Å²) in [5, 5.41) is 5.73. The summed E-state index contributed by atoms with van der Waals surface area (Å²) >= 11 is 4.71. The molecule has 0 amide bonds. The standard InChI is InChI=1S/C10H8BrFN2S/c11-8-2-1-7(9(12)5-8)6-14-10-13-3-4-15-10/h1-5H,6H2,(H,13,14). The fourth-order valence-electron chi connectivity index (χ4n) is 1.15. The van der Waals surface area contributed by atoms with Gasteiger partial charge in [-0.15, -0.1) is 11.3 Å². The van der Waals surface area contributed by atoms with Gasteiger partial charge < -0.3 is 5.32 Å². The molecule has 2 aromatic rings. The monoisotopic (exact) mass is 286 g/mol. The maximum atomic E-state index is 13.4. The third-order valence-electron chi connectivity index (χ3n) is 1.88. The second kappa shape index (κ2) is 4.72. The molecule has 1 N–H and O–H groups in total. The Hall–Kier alpha value is -0.940. The number of halogens is 2. The average Bonchev–Trinajstić information content (AvgIpc) is 2.69. The minimum atomic E-state index is -0.214. The zero-order valence-corrected chi connectivity index (χ0v) is 10.1. The largest absolute Gasteiger partial charge is 0.357 e. The van der Waals surface area contributed by atoms with Gasteiger partial charge in [-0.05, 0) is 12.1 Å². The molecule has 0 fully saturated rings. The molecule has 0 unspecified atom stereocenters. The highest BCUT2D eigenvalue weighted by Gasteiger charge is 2.02. The van der Waals surface area contributed by atoms with Gasteiger partial charge in [0.1, 0.15) is 5.82 Å². The summed E-state index contributed by atoms with van der Waals surface area (Å²) < 4.78 is 14.1. The van der Waals surface area contributed by atoms with E-state index in [9.17, 15) is 4.39 Å². The SMILES string of the molecule is Fc1cc(Br)ccc1CNc1nccs1. The molecule has 1 aromatic heterocycles. The Labute approximate surface area is 99.3 Å². The number of anilines is 1. The molecule has 1 aromatic carbocycles. The smallest absolute Gasteiger partial charge is 0.182 e. The van der Waals surface area contributed by atoms with Gasteiger partial charge >= 0.3 is 0 Å². The highest BCUT2D eigenvalue weighted by Crippen LogP contribution is 2.17. The lowest BCUT2D eigenvalue weighted by Gasteiger charge is -2.04. The Bertz CT molecular complexity index is 445. The van der Waals surface area contributed by atoms with Gasteiger partial charge in [-0.2, -0.15) is 0 Å². The van der Waals surface area contributed by atoms with Crippen LogP contribution >= 0.6 is 27.3 Å². The molecule has 2 nitrogen and oxygen atoms in total. The first-order valence-corrected chi connectivity index (χ1v) is 6.00. The van der Waals surface area contributed by atoms with Crippen LogP contribution in [0.25, 0.3) is 0 Å². The average molecular weight is 287 g/mol. The number of thiazole rings is 1. The predicted molar refractivity (Wildman–Crippen MR) is 63.5 cm³/mol. The van der Waals surface area contributed by atoms with E-state index >= 15 is 0 Å². The summed E-state index contributed by atoms with van der Waals surface area (Å²) in [6.45, 7) is 0.451. The van der Waals surface area contributed by atoms with E-state index in [0.29, 0.717) is 12.1 Å². The van der Waals surface area contributed by atoms with Crippen LogP contribution in [0.3, 0.4) is 0 Å². The van der Waals surface area contributed by atoms with Gasteiger partial charge in [0.25, 0.3) is 0 Å². The molecule has 0 aliphatic heterocycles. The minimum Gasteiger partial charge on any atom is -0.357 e. The van der Waals surface area contributed by atoms with Crippen molar-refractivity contribution in [2.24, 2.45) is 0 Å². The third-order valence-corrected chi connectivity index (χ3v) is 3.10. The summed E-state index contributed by atoms with van der Waals surface area (Å²) in [5.74, 6) is -0.214. The quantitative estimate of drug-likeness (QED) is 0.932. The summed E-state index contributed by atoms with van der Waals surface area (Å²) in [6.07, 6.45) is 1.71. The molecule has 78 valence electrons. The minimum absolute atomic E-state index is 0.214. The van der Waals surface area contributed by atoms with E-state index in [-0.39, 0.29) is 5.82 Å². The fourth-order valence-corrected chi connectivity index (χ4v) is 2.01. The van der Waals surface area contributed by atoms with Crippen LogP contribution in [0.4, 0.5) is 9.52 Å². The first-order valence-electron chi connectivity index (χ1n) is 4.33. The van der Waals surface area contributed by atoms with Gasteiger partial charge in [0, 0.05) is 28.2 Å². The second-order valence-corrected chi connectivity index (χ2v) is 4.74. The lowest BCUT2D eigenvalue weighted by Crippen LogP contribution is -2.01. The molecule has 0 saturated heterocycles. The topological polar surface area (TPSA) is 24.9 Å². The van der Waals surface area contributed by atoms with E-state index in [1.54, 1.807) is 12.3 Å². The van der Waals surface area contributed by atoms with Gasteiger partial charge in [0.2, 0.25) is 0 Å². The molecular weight excluding hydrogens is 279 g/mol. The summed E-state index contributed by atoms with van der Waals surface area (Å²) in [7, 11) is 0. The van der Waals surface area contributed by atoms with Crippen LogP contribution in [-0.2, 0) is 6.54 Å². The van der Waals surface area contributed by atoms with Crippen molar-refractivity contribution in [3.8, 4) is 0 Å². The molecule has 0 aliphatic carbocycles.